The van der Waals surface area contributed by atoms with E-state index < -0.39 is 0 Å². The topological polar surface area (TPSA) is 68.9 Å². The van der Waals surface area contributed by atoms with Crippen LogP contribution in [0.25, 0.3) is 11.4 Å². The van der Waals surface area contributed by atoms with Crippen molar-refractivity contribution in [3.8, 4) is 11.4 Å². The summed E-state index contributed by atoms with van der Waals surface area (Å²) in [6, 6.07) is 3.79. The maximum absolute atomic E-state index is 11.6. The Bertz CT molecular complexity index is 584. The molecule has 2 rings (SSSR count). The summed E-state index contributed by atoms with van der Waals surface area (Å²) in [5.74, 6) is 0.612. The van der Waals surface area contributed by atoms with Gasteiger partial charge in [-0.25, -0.2) is 0 Å². The van der Waals surface area contributed by atoms with Gasteiger partial charge in [0.1, 0.15) is 5.78 Å². The molecule has 2 heterocycles. The van der Waals surface area contributed by atoms with Crippen molar-refractivity contribution < 1.29 is 9.32 Å². The van der Waals surface area contributed by atoms with Gasteiger partial charge in [-0.05, 0) is 32.9 Å². The summed E-state index contributed by atoms with van der Waals surface area (Å²) in [7, 11) is 0. The Morgan fingerprint density at radius 1 is 1.26 bits per heavy atom. The van der Waals surface area contributed by atoms with Crippen LogP contribution in [0.4, 0.5) is 0 Å². The van der Waals surface area contributed by atoms with Gasteiger partial charge in [-0.15, -0.1) is 0 Å². The Hall–Kier alpha value is -2.04. The Kier molecular flexibility index (Phi) is 3.74. The quantitative estimate of drug-likeness (QED) is 0.844. The van der Waals surface area contributed by atoms with E-state index in [4.69, 9.17) is 4.52 Å². The molecule has 19 heavy (non-hydrogen) atoms. The summed E-state index contributed by atoms with van der Waals surface area (Å²) in [4.78, 5) is 20.2. The average Bonchev–Trinajstić information content (AvgIpc) is 2.85. The Morgan fingerprint density at radius 3 is 2.47 bits per heavy atom. The van der Waals surface area contributed by atoms with E-state index in [0.29, 0.717) is 18.1 Å². The maximum Gasteiger partial charge on any atom is 0.237 e. The normalized spacial score (nSPS) is 12.4. The summed E-state index contributed by atoms with van der Waals surface area (Å²) in [6.45, 7) is 7.44. The summed E-state index contributed by atoms with van der Waals surface area (Å²) >= 11 is 0. The number of hydrogen-bond acceptors (Lipinski definition) is 5. The molecule has 0 radical (unpaired) electrons. The molecule has 0 saturated carbocycles. The van der Waals surface area contributed by atoms with Crippen molar-refractivity contribution in [1.82, 2.24) is 15.1 Å². The molecule has 5 heteroatoms. The van der Waals surface area contributed by atoms with E-state index in [0.717, 1.165) is 17.0 Å². The SMILES string of the molecule is CCC(=O)C(C)c1nc(-c2cc(C)nc(C)c2)no1. The number of carbonyl (C=O) groups is 1. The van der Waals surface area contributed by atoms with Gasteiger partial charge in [-0.2, -0.15) is 4.98 Å². The molecule has 1 unspecified atom stereocenters. The van der Waals surface area contributed by atoms with E-state index in [1.807, 2.05) is 32.9 Å². The molecule has 5 nitrogen and oxygen atoms in total. The van der Waals surface area contributed by atoms with Gasteiger partial charge in [-0.3, -0.25) is 9.78 Å². The second kappa shape index (κ2) is 5.30. The molecule has 2 aromatic heterocycles. The second-order valence-electron chi connectivity index (χ2n) is 4.64. The van der Waals surface area contributed by atoms with E-state index in [1.54, 1.807) is 6.92 Å². The molecule has 0 aliphatic heterocycles. The van der Waals surface area contributed by atoms with Gasteiger partial charge in [0.25, 0.3) is 0 Å². The standard InChI is InChI=1S/C14H17N3O2/c1-5-12(18)10(4)14-16-13(17-19-14)11-6-8(2)15-9(3)7-11/h6-7,10H,5H2,1-4H3. The summed E-state index contributed by atoms with van der Waals surface area (Å²) in [5, 5.41) is 3.94. The van der Waals surface area contributed by atoms with E-state index in [-0.39, 0.29) is 11.7 Å². The number of ketones is 1. The van der Waals surface area contributed by atoms with Gasteiger partial charge in [0.05, 0.1) is 5.92 Å². The van der Waals surface area contributed by atoms with Crippen molar-refractivity contribution in [2.75, 3.05) is 0 Å². The largest absolute Gasteiger partial charge is 0.338 e. The molecular weight excluding hydrogens is 242 g/mol. The smallest absolute Gasteiger partial charge is 0.237 e. The molecule has 0 bridgehead atoms. The highest BCUT2D eigenvalue weighted by molar-refractivity contribution is 5.84. The maximum atomic E-state index is 11.6. The third-order valence-electron chi connectivity index (χ3n) is 2.98. The van der Waals surface area contributed by atoms with Crippen LogP contribution in [0, 0.1) is 13.8 Å². The molecule has 0 saturated heterocycles. The van der Waals surface area contributed by atoms with Gasteiger partial charge in [0, 0.05) is 23.4 Å². The summed E-state index contributed by atoms with van der Waals surface area (Å²) < 4.78 is 5.18. The van der Waals surface area contributed by atoms with Crippen molar-refractivity contribution in [2.45, 2.75) is 40.0 Å². The molecule has 0 fully saturated rings. The molecule has 0 amide bonds. The highest BCUT2D eigenvalue weighted by Gasteiger charge is 2.20. The van der Waals surface area contributed by atoms with E-state index in [9.17, 15) is 4.79 Å². The Labute approximate surface area is 112 Å². The second-order valence-corrected chi connectivity index (χ2v) is 4.64. The van der Waals surface area contributed by atoms with Crippen LogP contribution >= 0.6 is 0 Å². The van der Waals surface area contributed by atoms with Crippen LogP contribution in [-0.2, 0) is 4.79 Å². The highest BCUT2D eigenvalue weighted by atomic mass is 16.5. The molecule has 100 valence electrons. The molecule has 0 spiro atoms. The van der Waals surface area contributed by atoms with Crippen LogP contribution in [0.5, 0.6) is 0 Å². The number of rotatable bonds is 4. The number of hydrogen-bond donors (Lipinski definition) is 0. The van der Waals surface area contributed by atoms with Gasteiger partial charge in [0.2, 0.25) is 11.7 Å². The molecule has 0 aliphatic rings. The predicted molar refractivity (Wildman–Crippen MR) is 70.7 cm³/mol. The minimum atomic E-state index is -0.352. The lowest BCUT2D eigenvalue weighted by Gasteiger charge is -2.01. The highest BCUT2D eigenvalue weighted by Crippen LogP contribution is 2.21. The third-order valence-corrected chi connectivity index (χ3v) is 2.98. The van der Waals surface area contributed by atoms with E-state index in [2.05, 4.69) is 15.1 Å². The Morgan fingerprint density at radius 2 is 1.89 bits per heavy atom. The van der Waals surface area contributed by atoms with Gasteiger partial charge < -0.3 is 4.52 Å². The number of Topliss-reactive ketones (excluding diaryl/α,β-unsaturated/α-hetero) is 1. The van der Waals surface area contributed by atoms with Crippen LogP contribution in [-0.4, -0.2) is 20.9 Å². The van der Waals surface area contributed by atoms with Gasteiger partial charge in [0.15, 0.2) is 0 Å². The monoisotopic (exact) mass is 259 g/mol. The minimum Gasteiger partial charge on any atom is -0.338 e. The van der Waals surface area contributed by atoms with Crippen LogP contribution in [0.1, 0.15) is 43.5 Å². The lowest BCUT2D eigenvalue weighted by molar-refractivity contribution is -0.120. The molecule has 0 aliphatic carbocycles. The zero-order valence-electron chi connectivity index (χ0n) is 11.6. The van der Waals surface area contributed by atoms with Crippen LogP contribution < -0.4 is 0 Å². The van der Waals surface area contributed by atoms with Gasteiger partial charge in [-0.1, -0.05) is 12.1 Å². The molecular formula is C14H17N3O2. The fourth-order valence-corrected chi connectivity index (χ4v) is 1.94. The van der Waals surface area contributed by atoms with Crippen LogP contribution in [0.2, 0.25) is 0 Å². The fourth-order valence-electron chi connectivity index (χ4n) is 1.94. The van der Waals surface area contributed by atoms with Gasteiger partial charge >= 0.3 is 0 Å². The van der Waals surface area contributed by atoms with Crippen molar-refractivity contribution in [3.05, 3.63) is 29.4 Å². The number of aryl methyl sites for hydroxylation is 2. The zero-order valence-corrected chi connectivity index (χ0v) is 11.6. The molecule has 0 N–H and O–H groups in total. The number of pyridine rings is 1. The minimum absolute atomic E-state index is 0.0947. The first-order valence-electron chi connectivity index (χ1n) is 6.33. The number of aromatic nitrogens is 3. The van der Waals surface area contributed by atoms with Crippen molar-refractivity contribution in [2.24, 2.45) is 0 Å². The average molecular weight is 259 g/mol. The first-order valence-corrected chi connectivity index (χ1v) is 6.33. The molecule has 2 aromatic rings. The first kappa shape index (κ1) is 13.4. The van der Waals surface area contributed by atoms with E-state index >= 15 is 0 Å². The number of nitrogens with zero attached hydrogens (tertiary/aromatic N) is 3. The predicted octanol–water partition coefficient (Wildman–Crippen LogP) is 2.83. The molecule has 1 atom stereocenters. The molecule has 0 aromatic carbocycles. The van der Waals surface area contributed by atoms with E-state index in [1.165, 1.54) is 0 Å². The van der Waals surface area contributed by atoms with Crippen molar-refractivity contribution >= 4 is 5.78 Å². The lowest BCUT2D eigenvalue weighted by Crippen LogP contribution is -2.07. The lowest BCUT2D eigenvalue weighted by atomic mass is 10.1. The van der Waals surface area contributed by atoms with Crippen molar-refractivity contribution in [1.29, 1.82) is 0 Å². The summed E-state index contributed by atoms with van der Waals surface area (Å²) in [5.41, 5.74) is 2.66. The zero-order chi connectivity index (χ0) is 14.0. The number of carbonyl (C=O) groups excluding carboxylic acids is 1. The third kappa shape index (κ3) is 2.86. The van der Waals surface area contributed by atoms with Crippen LogP contribution in [0.3, 0.4) is 0 Å². The first-order chi connectivity index (χ1) is 9.01. The van der Waals surface area contributed by atoms with Crippen LogP contribution in [0.15, 0.2) is 16.7 Å². The fraction of sp³-hybridized carbons (Fsp3) is 0.429. The Balaban J connectivity index is 2.33. The summed E-state index contributed by atoms with van der Waals surface area (Å²) in [6.07, 6.45) is 0.465. The van der Waals surface area contributed by atoms with Crippen molar-refractivity contribution in [3.63, 3.8) is 0 Å².